The van der Waals surface area contributed by atoms with E-state index >= 15 is 0 Å². The molecule has 0 fully saturated rings. The van der Waals surface area contributed by atoms with Crippen molar-refractivity contribution in [2.45, 2.75) is 44.6 Å². The Balaban J connectivity index is 2.84. The van der Waals surface area contributed by atoms with E-state index in [1.807, 2.05) is 0 Å². The number of nitrogens with two attached hydrogens (primary N) is 2. The van der Waals surface area contributed by atoms with E-state index in [0.717, 1.165) is 5.56 Å². The van der Waals surface area contributed by atoms with Crippen molar-refractivity contribution >= 4 is 17.8 Å². The van der Waals surface area contributed by atoms with Crippen LogP contribution >= 0.6 is 0 Å². The lowest BCUT2D eigenvalue weighted by Crippen LogP contribution is -2.50. The first-order chi connectivity index (χ1) is 14.2. The molecule has 0 bridgehead atoms. The number of methoxy groups -OCH3 is 1. The Bertz CT molecular complexity index is 721. The molecule has 2 amide bonds. The molecule has 0 heterocycles. The standard InChI is InChI=1S/C20H31N5O5/c1-13(26)24-17(12-14-5-8-16(27)9-6-14)19(29)25-15(7-10-18(28)30-2)4-3-11-23-20(21)22/h5-10,15,17,20,23,27H,3-4,11-12,21-22H2,1-2H3,(H,24,26)(H,25,29)/b10-7+/t15-,17-/m0/s1. The van der Waals surface area contributed by atoms with Gasteiger partial charge in [-0.05, 0) is 37.1 Å². The number of amides is 2. The first-order valence-corrected chi connectivity index (χ1v) is 9.57. The smallest absolute Gasteiger partial charge is 0.330 e. The minimum atomic E-state index is -0.823. The number of nitrogens with one attached hydrogen (secondary N) is 3. The second-order valence-corrected chi connectivity index (χ2v) is 6.74. The number of carbonyl (C=O) groups is 3. The average molecular weight is 421 g/mol. The number of esters is 1. The van der Waals surface area contributed by atoms with Crippen LogP contribution in [0, 0.1) is 0 Å². The van der Waals surface area contributed by atoms with Crippen LogP contribution in [0.2, 0.25) is 0 Å². The molecule has 10 nitrogen and oxygen atoms in total. The van der Waals surface area contributed by atoms with Crippen LogP contribution in [0.5, 0.6) is 5.75 Å². The number of phenols is 1. The van der Waals surface area contributed by atoms with E-state index in [2.05, 4.69) is 20.7 Å². The van der Waals surface area contributed by atoms with E-state index in [9.17, 15) is 19.5 Å². The molecule has 166 valence electrons. The summed E-state index contributed by atoms with van der Waals surface area (Å²) in [7, 11) is 1.26. The predicted molar refractivity (Wildman–Crippen MR) is 112 cm³/mol. The van der Waals surface area contributed by atoms with Crippen LogP contribution < -0.4 is 27.4 Å². The van der Waals surface area contributed by atoms with Crippen LogP contribution in [-0.4, -0.2) is 54.9 Å². The van der Waals surface area contributed by atoms with Gasteiger partial charge in [0.05, 0.1) is 7.11 Å². The van der Waals surface area contributed by atoms with Crippen LogP contribution in [-0.2, 0) is 25.5 Å². The van der Waals surface area contributed by atoms with Gasteiger partial charge in [-0.3, -0.25) is 14.9 Å². The minimum Gasteiger partial charge on any atom is -0.508 e. The molecule has 30 heavy (non-hydrogen) atoms. The third kappa shape index (κ3) is 10.6. The summed E-state index contributed by atoms with van der Waals surface area (Å²) >= 11 is 0. The van der Waals surface area contributed by atoms with Gasteiger partial charge in [0.25, 0.3) is 0 Å². The van der Waals surface area contributed by atoms with Gasteiger partial charge in [-0.25, -0.2) is 4.79 Å². The number of hydrogen-bond acceptors (Lipinski definition) is 8. The SMILES string of the molecule is COC(=O)/C=C/[C@H](CCCNC(N)N)NC(=O)[C@H](Cc1ccc(O)cc1)NC(C)=O. The van der Waals surface area contributed by atoms with Crippen molar-refractivity contribution in [3.63, 3.8) is 0 Å². The highest BCUT2D eigenvalue weighted by Crippen LogP contribution is 2.12. The third-order valence-electron chi connectivity index (χ3n) is 4.14. The topological polar surface area (TPSA) is 169 Å². The maximum Gasteiger partial charge on any atom is 0.330 e. The number of benzene rings is 1. The van der Waals surface area contributed by atoms with Crippen molar-refractivity contribution in [1.29, 1.82) is 0 Å². The lowest BCUT2D eigenvalue weighted by atomic mass is 10.0. The Kier molecular flexibility index (Phi) is 11.1. The molecule has 0 unspecified atom stereocenters. The fraction of sp³-hybridized carbons (Fsp3) is 0.450. The third-order valence-corrected chi connectivity index (χ3v) is 4.14. The number of phenolic OH excluding ortho intramolecular Hbond substituents is 1. The highest BCUT2D eigenvalue weighted by Gasteiger charge is 2.22. The van der Waals surface area contributed by atoms with Gasteiger partial charge in [0, 0.05) is 25.5 Å². The molecule has 0 aliphatic rings. The van der Waals surface area contributed by atoms with Crippen LogP contribution in [0.25, 0.3) is 0 Å². The number of rotatable bonds is 12. The first kappa shape index (κ1) is 25.1. The van der Waals surface area contributed by atoms with Crippen LogP contribution in [0.15, 0.2) is 36.4 Å². The van der Waals surface area contributed by atoms with E-state index in [4.69, 9.17) is 11.5 Å². The molecular formula is C20H31N5O5. The Labute approximate surface area is 176 Å². The summed E-state index contributed by atoms with van der Waals surface area (Å²) in [6.07, 6.45) is 3.51. The van der Waals surface area contributed by atoms with E-state index < -0.39 is 30.2 Å². The molecule has 0 radical (unpaired) electrons. The largest absolute Gasteiger partial charge is 0.508 e. The summed E-state index contributed by atoms with van der Waals surface area (Å²) in [5.74, 6) is -1.19. The molecular weight excluding hydrogens is 390 g/mol. The summed E-state index contributed by atoms with van der Waals surface area (Å²) in [5.41, 5.74) is 11.7. The maximum atomic E-state index is 12.8. The molecule has 0 saturated carbocycles. The van der Waals surface area contributed by atoms with Crippen molar-refractivity contribution in [1.82, 2.24) is 16.0 Å². The number of carbonyl (C=O) groups excluding carboxylic acids is 3. The summed E-state index contributed by atoms with van der Waals surface area (Å²) in [6, 6.07) is 5.08. The molecule has 2 atom stereocenters. The second-order valence-electron chi connectivity index (χ2n) is 6.74. The van der Waals surface area contributed by atoms with Crippen molar-refractivity contribution in [2.75, 3.05) is 13.7 Å². The van der Waals surface area contributed by atoms with Gasteiger partial charge in [0.15, 0.2) is 0 Å². The fourth-order valence-electron chi connectivity index (χ4n) is 2.68. The Morgan fingerprint density at radius 3 is 2.40 bits per heavy atom. The molecule has 0 spiro atoms. The van der Waals surface area contributed by atoms with E-state index in [0.29, 0.717) is 19.4 Å². The van der Waals surface area contributed by atoms with Gasteiger partial charge >= 0.3 is 5.97 Å². The Morgan fingerprint density at radius 2 is 1.83 bits per heavy atom. The molecule has 8 N–H and O–H groups in total. The quantitative estimate of drug-likeness (QED) is 0.111. The Hall–Kier alpha value is -2.95. The summed E-state index contributed by atoms with van der Waals surface area (Å²) in [6.45, 7) is 1.85. The van der Waals surface area contributed by atoms with E-state index in [1.165, 1.54) is 38.3 Å². The lowest BCUT2D eigenvalue weighted by molar-refractivity contribution is -0.135. The van der Waals surface area contributed by atoms with Gasteiger partial charge in [0.1, 0.15) is 18.1 Å². The molecule has 0 aliphatic carbocycles. The predicted octanol–water partition coefficient (Wildman–Crippen LogP) is -0.776. The molecule has 1 rings (SSSR count). The minimum absolute atomic E-state index is 0.109. The number of aromatic hydroxyl groups is 1. The molecule has 1 aromatic rings. The van der Waals surface area contributed by atoms with Crippen molar-refractivity contribution in [3.05, 3.63) is 42.0 Å². The first-order valence-electron chi connectivity index (χ1n) is 9.57. The van der Waals surface area contributed by atoms with Crippen LogP contribution in [0.1, 0.15) is 25.3 Å². The van der Waals surface area contributed by atoms with Crippen LogP contribution in [0.3, 0.4) is 0 Å². The van der Waals surface area contributed by atoms with Crippen molar-refractivity contribution in [3.8, 4) is 5.75 Å². The Morgan fingerprint density at radius 1 is 1.17 bits per heavy atom. The molecule has 0 saturated heterocycles. The molecule has 0 aliphatic heterocycles. The number of hydrogen-bond donors (Lipinski definition) is 6. The highest BCUT2D eigenvalue weighted by molar-refractivity contribution is 5.87. The zero-order valence-electron chi connectivity index (χ0n) is 17.3. The zero-order chi connectivity index (χ0) is 22.5. The van der Waals surface area contributed by atoms with Gasteiger partial charge in [-0.1, -0.05) is 18.2 Å². The van der Waals surface area contributed by atoms with Crippen LogP contribution in [0.4, 0.5) is 0 Å². The molecule has 1 aromatic carbocycles. The number of ether oxygens (including phenoxy) is 1. The van der Waals surface area contributed by atoms with E-state index in [1.54, 1.807) is 12.1 Å². The monoisotopic (exact) mass is 421 g/mol. The normalized spacial score (nSPS) is 13.1. The fourth-order valence-corrected chi connectivity index (χ4v) is 2.68. The average Bonchev–Trinajstić information content (AvgIpc) is 2.69. The molecule has 0 aromatic heterocycles. The lowest BCUT2D eigenvalue weighted by Gasteiger charge is -2.22. The highest BCUT2D eigenvalue weighted by atomic mass is 16.5. The van der Waals surface area contributed by atoms with Gasteiger partial charge in [-0.2, -0.15) is 0 Å². The summed E-state index contributed by atoms with van der Waals surface area (Å²) < 4.78 is 4.59. The second kappa shape index (κ2) is 13.3. The maximum absolute atomic E-state index is 12.8. The summed E-state index contributed by atoms with van der Waals surface area (Å²) in [5, 5.41) is 17.7. The van der Waals surface area contributed by atoms with Gasteiger partial charge in [0.2, 0.25) is 11.8 Å². The van der Waals surface area contributed by atoms with Crippen molar-refractivity contribution in [2.24, 2.45) is 11.5 Å². The van der Waals surface area contributed by atoms with Gasteiger partial charge < -0.3 is 31.9 Å². The van der Waals surface area contributed by atoms with Gasteiger partial charge in [-0.15, -0.1) is 0 Å². The zero-order valence-corrected chi connectivity index (χ0v) is 17.3. The van der Waals surface area contributed by atoms with Crippen molar-refractivity contribution < 1.29 is 24.2 Å². The summed E-state index contributed by atoms with van der Waals surface area (Å²) in [4.78, 5) is 35.8. The van der Waals surface area contributed by atoms with E-state index in [-0.39, 0.29) is 18.1 Å². The molecule has 10 heteroatoms.